The Balaban J connectivity index is 1.58. The smallest absolute Gasteiger partial charge is 0.137 e. The van der Waals surface area contributed by atoms with E-state index in [4.69, 9.17) is 9.97 Å². The van der Waals surface area contributed by atoms with Gasteiger partial charge in [0.2, 0.25) is 0 Å². The molecule has 5 heteroatoms. The lowest BCUT2D eigenvalue weighted by atomic mass is 9.97. The van der Waals surface area contributed by atoms with Crippen LogP contribution in [0.2, 0.25) is 0 Å². The molecule has 1 aromatic heterocycles. The van der Waals surface area contributed by atoms with Crippen molar-refractivity contribution in [2.75, 3.05) is 31.1 Å². The zero-order valence-electron chi connectivity index (χ0n) is 15.6. The topological polar surface area (TPSA) is 52.5 Å². The number of aliphatic hydroxyl groups excluding tert-OH is 1. The molecule has 0 saturated carbocycles. The van der Waals surface area contributed by atoms with E-state index in [1.54, 1.807) is 0 Å². The van der Waals surface area contributed by atoms with Gasteiger partial charge in [-0.15, -0.1) is 0 Å². The molecule has 0 unspecified atom stereocenters. The van der Waals surface area contributed by atoms with Gasteiger partial charge in [-0.05, 0) is 31.2 Å². The summed E-state index contributed by atoms with van der Waals surface area (Å²) >= 11 is 0. The monoisotopic (exact) mass is 352 g/mol. The van der Waals surface area contributed by atoms with Crippen LogP contribution in [0.4, 0.5) is 5.82 Å². The average Bonchev–Trinajstić information content (AvgIpc) is 2.68. The summed E-state index contributed by atoms with van der Waals surface area (Å²) in [5.41, 5.74) is 3.85. The highest BCUT2D eigenvalue weighted by Gasteiger charge is 2.27. The molecule has 0 aliphatic carbocycles. The quantitative estimate of drug-likeness (QED) is 0.916. The zero-order valence-corrected chi connectivity index (χ0v) is 15.6. The van der Waals surface area contributed by atoms with E-state index in [1.807, 2.05) is 6.92 Å². The first-order valence-electron chi connectivity index (χ1n) is 9.71. The van der Waals surface area contributed by atoms with E-state index < -0.39 is 0 Å². The number of aromatic nitrogens is 2. The van der Waals surface area contributed by atoms with E-state index in [-0.39, 0.29) is 6.61 Å². The average molecular weight is 352 g/mol. The normalized spacial score (nSPS) is 20.8. The first-order chi connectivity index (χ1) is 12.7. The lowest BCUT2D eigenvalue weighted by molar-refractivity contribution is 0.207. The highest BCUT2D eigenvalue weighted by molar-refractivity contribution is 5.50. The minimum atomic E-state index is 0.267. The standard InChI is InChI=1S/C21H28N4O/c1-16-22-20-9-11-24(12-17-6-3-2-4-7-17)14-19(20)21(23-16)25-10-5-8-18(13-25)15-26/h2-4,6-7,18,26H,5,8-15H2,1H3/t18-/m1/s1. The predicted molar refractivity (Wildman–Crippen MR) is 103 cm³/mol. The van der Waals surface area contributed by atoms with E-state index in [0.717, 1.165) is 63.6 Å². The summed E-state index contributed by atoms with van der Waals surface area (Å²) in [6, 6.07) is 10.7. The van der Waals surface area contributed by atoms with Gasteiger partial charge >= 0.3 is 0 Å². The summed E-state index contributed by atoms with van der Waals surface area (Å²) in [5.74, 6) is 2.32. The van der Waals surface area contributed by atoms with Gasteiger partial charge in [0.1, 0.15) is 11.6 Å². The number of hydrogen-bond donors (Lipinski definition) is 1. The van der Waals surface area contributed by atoms with Gasteiger partial charge in [0.05, 0.1) is 5.69 Å². The van der Waals surface area contributed by atoms with Gasteiger partial charge in [-0.1, -0.05) is 30.3 Å². The van der Waals surface area contributed by atoms with Gasteiger partial charge in [-0.25, -0.2) is 9.97 Å². The molecule has 2 aliphatic heterocycles. The maximum Gasteiger partial charge on any atom is 0.137 e. The lowest BCUT2D eigenvalue weighted by Gasteiger charge is -2.36. The molecular formula is C21H28N4O. The van der Waals surface area contributed by atoms with E-state index in [2.05, 4.69) is 40.1 Å². The number of fused-ring (bicyclic) bond motifs is 1. The van der Waals surface area contributed by atoms with Crippen molar-refractivity contribution in [3.63, 3.8) is 0 Å². The first-order valence-corrected chi connectivity index (χ1v) is 9.71. The fraction of sp³-hybridized carbons (Fsp3) is 0.524. The van der Waals surface area contributed by atoms with Crippen molar-refractivity contribution in [3.05, 3.63) is 53.0 Å². The van der Waals surface area contributed by atoms with Crippen LogP contribution >= 0.6 is 0 Å². The number of aryl methyl sites for hydroxylation is 1. The third-order valence-corrected chi connectivity index (χ3v) is 5.56. The van der Waals surface area contributed by atoms with Gasteiger partial charge in [0, 0.05) is 51.3 Å². The van der Waals surface area contributed by atoms with Crippen LogP contribution in [0, 0.1) is 12.8 Å². The molecule has 4 rings (SSSR count). The maximum absolute atomic E-state index is 9.59. The molecule has 1 fully saturated rings. The summed E-state index contributed by atoms with van der Waals surface area (Å²) in [7, 11) is 0. The lowest BCUT2D eigenvalue weighted by Crippen LogP contribution is -2.40. The Morgan fingerprint density at radius 2 is 2.00 bits per heavy atom. The molecular weight excluding hydrogens is 324 g/mol. The largest absolute Gasteiger partial charge is 0.396 e. The number of hydrogen-bond acceptors (Lipinski definition) is 5. The second-order valence-electron chi connectivity index (χ2n) is 7.60. The Hall–Kier alpha value is -1.98. The van der Waals surface area contributed by atoms with Gasteiger partial charge in [-0.3, -0.25) is 4.90 Å². The van der Waals surface area contributed by atoms with Gasteiger partial charge in [0.15, 0.2) is 0 Å². The highest BCUT2D eigenvalue weighted by Crippen LogP contribution is 2.30. The number of nitrogens with zero attached hydrogens (tertiary/aromatic N) is 4. The van der Waals surface area contributed by atoms with Crippen molar-refractivity contribution in [2.24, 2.45) is 5.92 Å². The second-order valence-corrected chi connectivity index (χ2v) is 7.60. The Morgan fingerprint density at radius 1 is 1.15 bits per heavy atom. The number of rotatable bonds is 4. The Morgan fingerprint density at radius 3 is 2.81 bits per heavy atom. The molecule has 1 atom stereocenters. The predicted octanol–water partition coefficient (Wildman–Crippen LogP) is 2.55. The number of aliphatic hydroxyl groups is 1. The van der Waals surface area contributed by atoms with Gasteiger partial charge < -0.3 is 10.0 Å². The van der Waals surface area contributed by atoms with Crippen LogP contribution in [-0.4, -0.2) is 46.2 Å². The van der Waals surface area contributed by atoms with Crippen LogP contribution in [-0.2, 0) is 19.5 Å². The number of anilines is 1. The molecule has 0 radical (unpaired) electrons. The zero-order chi connectivity index (χ0) is 17.9. The van der Waals surface area contributed by atoms with Crippen molar-refractivity contribution in [2.45, 2.75) is 39.3 Å². The molecule has 138 valence electrons. The third-order valence-electron chi connectivity index (χ3n) is 5.56. The summed E-state index contributed by atoms with van der Waals surface area (Å²) in [6.07, 6.45) is 3.21. The van der Waals surface area contributed by atoms with E-state index in [0.29, 0.717) is 5.92 Å². The molecule has 0 bridgehead atoms. The van der Waals surface area contributed by atoms with Crippen molar-refractivity contribution in [1.82, 2.24) is 14.9 Å². The van der Waals surface area contributed by atoms with Crippen LogP contribution in [0.3, 0.4) is 0 Å². The Labute approximate surface area is 155 Å². The molecule has 2 aromatic rings. The van der Waals surface area contributed by atoms with Gasteiger partial charge in [-0.2, -0.15) is 0 Å². The van der Waals surface area contributed by atoms with Crippen LogP contribution in [0.25, 0.3) is 0 Å². The van der Waals surface area contributed by atoms with Crippen molar-refractivity contribution >= 4 is 5.82 Å². The highest BCUT2D eigenvalue weighted by atomic mass is 16.3. The van der Waals surface area contributed by atoms with Crippen molar-refractivity contribution in [3.8, 4) is 0 Å². The van der Waals surface area contributed by atoms with Crippen LogP contribution < -0.4 is 4.90 Å². The van der Waals surface area contributed by atoms with Crippen LogP contribution in [0.5, 0.6) is 0 Å². The first kappa shape index (κ1) is 17.4. The van der Waals surface area contributed by atoms with Crippen LogP contribution in [0.1, 0.15) is 35.5 Å². The molecule has 0 amide bonds. The third kappa shape index (κ3) is 3.74. The van der Waals surface area contributed by atoms with E-state index >= 15 is 0 Å². The maximum atomic E-state index is 9.59. The summed E-state index contributed by atoms with van der Waals surface area (Å²) < 4.78 is 0. The van der Waals surface area contributed by atoms with E-state index in [9.17, 15) is 5.11 Å². The van der Waals surface area contributed by atoms with Crippen molar-refractivity contribution < 1.29 is 5.11 Å². The fourth-order valence-electron chi connectivity index (χ4n) is 4.22. The molecule has 1 saturated heterocycles. The molecule has 3 heterocycles. The SMILES string of the molecule is Cc1nc2c(c(N3CCC[C@@H](CO)C3)n1)CN(Cc1ccccc1)CC2. The Kier molecular flexibility index (Phi) is 5.18. The molecule has 1 aromatic carbocycles. The molecule has 1 N–H and O–H groups in total. The molecule has 2 aliphatic rings. The summed E-state index contributed by atoms with van der Waals surface area (Å²) in [4.78, 5) is 14.4. The minimum absolute atomic E-state index is 0.267. The van der Waals surface area contributed by atoms with Crippen LogP contribution in [0.15, 0.2) is 30.3 Å². The summed E-state index contributed by atoms with van der Waals surface area (Å²) in [5, 5.41) is 9.59. The molecule has 26 heavy (non-hydrogen) atoms. The molecule has 0 spiro atoms. The fourth-order valence-corrected chi connectivity index (χ4v) is 4.22. The summed E-state index contributed by atoms with van der Waals surface area (Å²) in [6.45, 7) is 7.09. The molecule has 5 nitrogen and oxygen atoms in total. The minimum Gasteiger partial charge on any atom is -0.396 e. The second kappa shape index (κ2) is 7.72. The van der Waals surface area contributed by atoms with E-state index in [1.165, 1.54) is 16.8 Å². The van der Waals surface area contributed by atoms with Crippen molar-refractivity contribution in [1.29, 1.82) is 0 Å². The Bertz CT molecular complexity index is 749. The van der Waals surface area contributed by atoms with Gasteiger partial charge in [0.25, 0.3) is 0 Å². The number of benzene rings is 1. The number of piperidine rings is 1.